The molecule has 140 valence electrons. The van der Waals surface area contributed by atoms with Crippen LogP contribution in [0.25, 0.3) is 10.9 Å². The van der Waals surface area contributed by atoms with Crippen LogP contribution in [0.5, 0.6) is 0 Å². The number of carbonyl (C=O) groups is 1. The topological polar surface area (TPSA) is 79.0 Å². The Balaban J connectivity index is 1.81. The molecule has 0 aliphatic heterocycles. The fourth-order valence-electron chi connectivity index (χ4n) is 3.67. The van der Waals surface area contributed by atoms with Gasteiger partial charge in [0.15, 0.2) is 5.78 Å². The molecule has 27 heavy (non-hydrogen) atoms. The molecule has 2 N–H and O–H groups in total. The molecule has 0 bridgehead atoms. The van der Waals surface area contributed by atoms with Gasteiger partial charge in [-0.2, -0.15) is 0 Å². The van der Waals surface area contributed by atoms with Gasteiger partial charge >= 0.3 is 0 Å². The Hall–Kier alpha value is -2.67. The van der Waals surface area contributed by atoms with Gasteiger partial charge in [0.1, 0.15) is 5.82 Å². The van der Waals surface area contributed by atoms with Crippen molar-refractivity contribution in [2.75, 3.05) is 4.72 Å². The first-order chi connectivity index (χ1) is 12.8. The quantitative estimate of drug-likeness (QED) is 0.706. The summed E-state index contributed by atoms with van der Waals surface area (Å²) in [6.07, 6.45) is 2.10. The predicted octanol–water partition coefficient (Wildman–Crippen LogP) is 4.24. The molecule has 1 aliphatic carbocycles. The minimum Gasteiger partial charge on any atom is -0.358 e. The average Bonchev–Trinajstić information content (AvgIpc) is 2.95. The summed E-state index contributed by atoms with van der Waals surface area (Å²) in [6, 6.07) is 7.21. The smallest absolute Gasteiger partial charge is 0.262 e. The lowest BCUT2D eigenvalue weighted by atomic mass is 9.94. The first kappa shape index (κ1) is 17.7. The van der Waals surface area contributed by atoms with E-state index in [4.69, 9.17) is 0 Å². The number of hydrogen-bond acceptors (Lipinski definition) is 3. The van der Waals surface area contributed by atoms with Crippen LogP contribution in [0.2, 0.25) is 0 Å². The number of anilines is 1. The number of hydrogen-bond donors (Lipinski definition) is 2. The van der Waals surface area contributed by atoms with Gasteiger partial charge in [-0.1, -0.05) is 0 Å². The van der Waals surface area contributed by atoms with Crippen molar-refractivity contribution >= 4 is 32.4 Å². The SMILES string of the molecule is Cc1cc(F)ccc1NS(=O)(=O)c1cc2[nH]c3c(c2cc1C)C(=O)CCC3. The number of sulfonamides is 1. The van der Waals surface area contributed by atoms with E-state index in [1.54, 1.807) is 26.0 Å². The molecule has 0 unspecified atom stereocenters. The molecule has 4 rings (SSSR count). The highest BCUT2D eigenvalue weighted by molar-refractivity contribution is 7.92. The number of H-pyrrole nitrogens is 1. The van der Waals surface area contributed by atoms with E-state index in [0.717, 1.165) is 23.9 Å². The molecular formula is C20H19FN2O3S. The van der Waals surface area contributed by atoms with Gasteiger partial charge in [0.25, 0.3) is 10.0 Å². The van der Waals surface area contributed by atoms with Gasteiger partial charge in [0, 0.05) is 28.6 Å². The maximum Gasteiger partial charge on any atom is 0.262 e. The first-order valence-corrected chi connectivity index (χ1v) is 10.2. The highest BCUT2D eigenvalue weighted by Crippen LogP contribution is 2.33. The number of benzene rings is 2. The number of aromatic amines is 1. The molecule has 7 heteroatoms. The summed E-state index contributed by atoms with van der Waals surface area (Å²) < 4.78 is 41.7. The summed E-state index contributed by atoms with van der Waals surface area (Å²) in [6.45, 7) is 3.35. The van der Waals surface area contributed by atoms with Crippen LogP contribution in [0.15, 0.2) is 35.2 Å². The average molecular weight is 386 g/mol. The number of halogens is 1. The molecule has 1 aromatic heterocycles. The van der Waals surface area contributed by atoms with Crippen molar-refractivity contribution in [2.45, 2.75) is 38.0 Å². The minimum atomic E-state index is -3.86. The van der Waals surface area contributed by atoms with E-state index in [-0.39, 0.29) is 10.7 Å². The number of nitrogens with one attached hydrogen (secondary N) is 2. The van der Waals surface area contributed by atoms with Crippen molar-refractivity contribution in [1.29, 1.82) is 0 Å². The number of ketones is 1. The molecule has 3 aromatic rings. The number of aromatic nitrogens is 1. The van der Waals surface area contributed by atoms with Gasteiger partial charge in [0.05, 0.1) is 10.6 Å². The van der Waals surface area contributed by atoms with Crippen LogP contribution in [-0.2, 0) is 16.4 Å². The molecule has 0 spiro atoms. The van der Waals surface area contributed by atoms with E-state index in [1.807, 2.05) is 0 Å². The second-order valence-electron chi connectivity index (χ2n) is 6.98. The molecule has 0 fully saturated rings. The molecule has 1 heterocycles. The maximum atomic E-state index is 13.3. The maximum absolute atomic E-state index is 13.3. The van der Waals surface area contributed by atoms with Crippen LogP contribution in [-0.4, -0.2) is 19.2 Å². The first-order valence-electron chi connectivity index (χ1n) is 8.73. The molecule has 1 aliphatic rings. The van der Waals surface area contributed by atoms with Crippen LogP contribution in [0.4, 0.5) is 10.1 Å². The Morgan fingerprint density at radius 2 is 1.85 bits per heavy atom. The standard InChI is InChI=1S/C20H19FN2O3S/c1-11-8-13(21)6-7-15(11)23-27(25,26)19-10-17-14(9-12(19)2)20-16(22-17)4-3-5-18(20)24/h6-10,22-23H,3-5H2,1-2H3. The van der Waals surface area contributed by atoms with Crippen molar-refractivity contribution in [3.05, 3.63) is 58.5 Å². The largest absolute Gasteiger partial charge is 0.358 e. The van der Waals surface area contributed by atoms with Crippen molar-refractivity contribution < 1.29 is 17.6 Å². The normalized spacial score (nSPS) is 14.4. The van der Waals surface area contributed by atoms with E-state index in [9.17, 15) is 17.6 Å². The molecule has 0 saturated heterocycles. The number of fused-ring (bicyclic) bond motifs is 3. The molecule has 0 saturated carbocycles. The lowest BCUT2D eigenvalue weighted by molar-refractivity contribution is 0.0974. The third kappa shape index (κ3) is 3.02. The highest BCUT2D eigenvalue weighted by Gasteiger charge is 2.25. The molecule has 5 nitrogen and oxygen atoms in total. The zero-order valence-electron chi connectivity index (χ0n) is 15.0. The van der Waals surface area contributed by atoms with Crippen LogP contribution >= 0.6 is 0 Å². The van der Waals surface area contributed by atoms with Crippen LogP contribution < -0.4 is 4.72 Å². The zero-order chi connectivity index (χ0) is 19.3. The van der Waals surface area contributed by atoms with Crippen molar-refractivity contribution in [3.63, 3.8) is 0 Å². The summed E-state index contributed by atoms with van der Waals surface area (Å²) in [5, 5.41) is 0.768. The predicted molar refractivity (Wildman–Crippen MR) is 102 cm³/mol. The van der Waals surface area contributed by atoms with E-state index >= 15 is 0 Å². The fraction of sp³-hybridized carbons (Fsp3) is 0.250. The Bertz CT molecular complexity index is 1200. The fourth-order valence-corrected chi connectivity index (χ4v) is 5.06. The van der Waals surface area contributed by atoms with Gasteiger partial charge in [-0.15, -0.1) is 0 Å². The summed E-state index contributed by atoms with van der Waals surface area (Å²) in [5.74, 6) is -0.327. The van der Waals surface area contributed by atoms with Crippen molar-refractivity contribution in [2.24, 2.45) is 0 Å². The van der Waals surface area contributed by atoms with Crippen molar-refractivity contribution in [1.82, 2.24) is 4.98 Å². The van der Waals surface area contributed by atoms with Gasteiger partial charge < -0.3 is 4.98 Å². The lowest BCUT2D eigenvalue weighted by Crippen LogP contribution is -2.15. The van der Waals surface area contributed by atoms with Crippen LogP contribution in [0.1, 0.15) is 40.0 Å². The minimum absolute atomic E-state index is 0.0950. The second kappa shape index (κ2) is 6.20. The van der Waals surface area contributed by atoms with E-state index < -0.39 is 15.8 Å². The molecule has 2 aromatic carbocycles. The molecule has 0 radical (unpaired) electrons. The monoisotopic (exact) mass is 386 g/mol. The Morgan fingerprint density at radius 1 is 1.07 bits per heavy atom. The summed E-state index contributed by atoms with van der Waals surface area (Å²) in [5.41, 5.74) is 3.57. The van der Waals surface area contributed by atoms with E-state index in [1.165, 1.54) is 18.2 Å². The Kier molecular flexibility index (Phi) is 4.07. The lowest BCUT2D eigenvalue weighted by Gasteiger charge is -2.13. The highest BCUT2D eigenvalue weighted by atomic mass is 32.2. The number of rotatable bonds is 3. The Morgan fingerprint density at radius 3 is 2.59 bits per heavy atom. The van der Waals surface area contributed by atoms with Crippen molar-refractivity contribution in [3.8, 4) is 0 Å². The Labute approximate surface area is 156 Å². The van der Waals surface area contributed by atoms with Gasteiger partial charge in [-0.3, -0.25) is 9.52 Å². The molecule has 0 atom stereocenters. The number of Topliss-reactive ketones (excluding diaryl/α,β-unsaturated/α-hetero) is 1. The molecular weight excluding hydrogens is 367 g/mol. The molecule has 0 amide bonds. The number of aryl methyl sites for hydroxylation is 3. The summed E-state index contributed by atoms with van der Waals surface area (Å²) in [7, 11) is -3.86. The van der Waals surface area contributed by atoms with Crippen LogP contribution in [0, 0.1) is 19.7 Å². The van der Waals surface area contributed by atoms with E-state index in [0.29, 0.717) is 34.3 Å². The van der Waals surface area contributed by atoms with Gasteiger partial charge in [0.2, 0.25) is 0 Å². The third-order valence-electron chi connectivity index (χ3n) is 5.00. The summed E-state index contributed by atoms with van der Waals surface area (Å²) >= 11 is 0. The summed E-state index contributed by atoms with van der Waals surface area (Å²) in [4.78, 5) is 15.6. The van der Waals surface area contributed by atoms with E-state index in [2.05, 4.69) is 9.71 Å². The zero-order valence-corrected chi connectivity index (χ0v) is 15.8. The number of carbonyl (C=O) groups excluding carboxylic acids is 1. The van der Waals surface area contributed by atoms with Crippen LogP contribution in [0.3, 0.4) is 0 Å². The van der Waals surface area contributed by atoms with Gasteiger partial charge in [-0.25, -0.2) is 12.8 Å². The second-order valence-corrected chi connectivity index (χ2v) is 8.63. The third-order valence-corrected chi connectivity index (χ3v) is 6.51. The van der Waals surface area contributed by atoms with Gasteiger partial charge in [-0.05, 0) is 68.1 Å².